The fourth-order valence-electron chi connectivity index (χ4n) is 6.57. The van der Waals surface area contributed by atoms with Crippen molar-refractivity contribution < 1.29 is 27.4 Å². The Bertz CT molecular complexity index is 2540. The molecular formula is C45H58N8O7S. The molecule has 0 radical (unpaired) electrons. The standard InChI is InChI=1S/C45H58N8O7S/c1-11-41(60-39-21-17-30(5)25-32(39)7)58-28-46-33-18-22-40(59-29(3)4)38(27-33)50-44(54)42(43-49-37-16-14-13-15-35(37)45(55)53(43)51(8)9)48-36-20-19-34(26-31(36)6)52(12-2)24-23-47-61(10,56)57/h13-22,25-27,29,41,46-47H,11-12,23-24,28H2,1-10H3,(H,50,54). The number of hydrogen-bond donors (Lipinski definition) is 3. The SMILES string of the molecule is CCC(OCNc1ccc(OC(C)C)c(NC(=O)C(=Nc2ccc(N(CC)CCNS(C)(=O)=O)cc2C)c2nc3ccccc3c(=O)n2N(C)C)c1)Oc1ccc(C)cc1C. The van der Waals surface area contributed by atoms with E-state index in [2.05, 4.69) is 21.4 Å². The Kier molecular flexibility index (Phi) is 15.5. The van der Waals surface area contributed by atoms with E-state index < -0.39 is 22.2 Å². The highest BCUT2D eigenvalue weighted by Crippen LogP contribution is 2.31. The number of aliphatic imine (C=N–C) groups is 1. The first-order chi connectivity index (χ1) is 29.0. The highest BCUT2D eigenvalue weighted by molar-refractivity contribution is 7.88. The molecule has 61 heavy (non-hydrogen) atoms. The topological polar surface area (TPSA) is 169 Å². The van der Waals surface area contributed by atoms with Crippen LogP contribution in [-0.2, 0) is 19.6 Å². The van der Waals surface area contributed by atoms with Gasteiger partial charge in [-0.15, -0.1) is 0 Å². The minimum Gasteiger partial charge on any atom is -0.489 e. The number of nitrogens with one attached hydrogen (secondary N) is 3. The quantitative estimate of drug-likeness (QED) is 0.0567. The zero-order valence-corrected chi connectivity index (χ0v) is 37.5. The van der Waals surface area contributed by atoms with Crippen LogP contribution in [-0.4, -0.2) is 88.8 Å². The number of aromatic nitrogens is 2. The van der Waals surface area contributed by atoms with Crippen LogP contribution in [0.15, 0.2) is 88.6 Å². The van der Waals surface area contributed by atoms with Crippen LogP contribution in [0.5, 0.6) is 11.5 Å². The first-order valence-corrected chi connectivity index (χ1v) is 22.2. The second-order valence-corrected chi connectivity index (χ2v) is 17.0. The van der Waals surface area contributed by atoms with E-state index in [1.807, 2.05) is 83.7 Å². The van der Waals surface area contributed by atoms with Crippen LogP contribution in [0, 0.1) is 20.8 Å². The second kappa shape index (κ2) is 20.5. The number of aryl methyl sites for hydroxylation is 3. The van der Waals surface area contributed by atoms with E-state index >= 15 is 0 Å². The third-order valence-corrected chi connectivity index (χ3v) is 10.3. The number of anilines is 3. The normalized spacial score (nSPS) is 12.3. The Labute approximate surface area is 358 Å². The Hall–Kier alpha value is -5.97. The van der Waals surface area contributed by atoms with Crippen molar-refractivity contribution in [3.05, 3.63) is 112 Å². The Balaban J connectivity index is 1.52. The van der Waals surface area contributed by atoms with Crippen molar-refractivity contribution >= 4 is 55.3 Å². The van der Waals surface area contributed by atoms with E-state index in [-0.39, 0.29) is 36.5 Å². The van der Waals surface area contributed by atoms with Gasteiger partial charge in [0, 0.05) is 51.5 Å². The summed E-state index contributed by atoms with van der Waals surface area (Å²) in [6, 6.07) is 23.9. The van der Waals surface area contributed by atoms with Crippen molar-refractivity contribution in [1.29, 1.82) is 0 Å². The maximum Gasteiger partial charge on any atom is 0.280 e. The van der Waals surface area contributed by atoms with Gasteiger partial charge in [-0.1, -0.05) is 36.8 Å². The maximum atomic E-state index is 14.8. The predicted octanol–water partition coefficient (Wildman–Crippen LogP) is 6.64. The van der Waals surface area contributed by atoms with Crippen molar-refractivity contribution in [2.24, 2.45) is 4.99 Å². The monoisotopic (exact) mass is 854 g/mol. The first-order valence-electron chi connectivity index (χ1n) is 20.3. The van der Waals surface area contributed by atoms with Crippen molar-refractivity contribution in [3.8, 4) is 11.5 Å². The third-order valence-electron chi connectivity index (χ3n) is 9.54. The number of fused-ring (bicyclic) bond motifs is 1. The zero-order valence-electron chi connectivity index (χ0n) is 36.7. The summed E-state index contributed by atoms with van der Waals surface area (Å²) in [5, 5.41) is 8.23. The molecule has 1 aromatic heterocycles. The Morgan fingerprint density at radius 2 is 1.66 bits per heavy atom. The lowest BCUT2D eigenvalue weighted by Gasteiger charge is -2.24. The van der Waals surface area contributed by atoms with Crippen molar-refractivity contribution in [2.45, 2.75) is 67.3 Å². The van der Waals surface area contributed by atoms with Crippen LogP contribution in [0.4, 0.5) is 22.7 Å². The van der Waals surface area contributed by atoms with Gasteiger partial charge in [-0.2, -0.15) is 0 Å². The van der Waals surface area contributed by atoms with Crippen molar-refractivity contribution in [1.82, 2.24) is 14.4 Å². The molecule has 326 valence electrons. The number of carbonyl (C=O) groups excluding carboxylic acids is 1. The van der Waals surface area contributed by atoms with E-state index in [0.717, 1.165) is 34.4 Å². The van der Waals surface area contributed by atoms with E-state index in [0.29, 0.717) is 53.2 Å². The molecule has 0 aliphatic heterocycles. The molecule has 0 fully saturated rings. The predicted molar refractivity (Wildman–Crippen MR) is 245 cm³/mol. The summed E-state index contributed by atoms with van der Waals surface area (Å²) in [6.45, 7) is 15.1. The first kappa shape index (κ1) is 46.1. The lowest BCUT2D eigenvalue weighted by atomic mass is 10.1. The zero-order chi connectivity index (χ0) is 44.4. The summed E-state index contributed by atoms with van der Waals surface area (Å²) >= 11 is 0. The van der Waals surface area contributed by atoms with Gasteiger partial charge in [-0.05, 0) is 107 Å². The average molecular weight is 855 g/mol. The van der Waals surface area contributed by atoms with Crippen LogP contribution in [0.1, 0.15) is 56.6 Å². The molecule has 1 amide bonds. The van der Waals surface area contributed by atoms with Gasteiger partial charge >= 0.3 is 0 Å². The van der Waals surface area contributed by atoms with Crippen LogP contribution in [0.25, 0.3) is 10.9 Å². The molecule has 1 heterocycles. The molecule has 0 aliphatic rings. The summed E-state index contributed by atoms with van der Waals surface area (Å²) < 4.78 is 45.6. The summed E-state index contributed by atoms with van der Waals surface area (Å²) in [4.78, 5) is 40.6. The summed E-state index contributed by atoms with van der Waals surface area (Å²) in [5.74, 6) is 0.559. The number of amides is 1. The number of para-hydroxylation sites is 1. The second-order valence-electron chi connectivity index (χ2n) is 15.1. The number of carbonyl (C=O) groups is 1. The van der Waals surface area contributed by atoms with Crippen LogP contribution in [0.2, 0.25) is 0 Å². The molecule has 3 N–H and O–H groups in total. The van der Waals surface area contributed by atoms with Gasteiger partial charge in [0.25, 0.3) is 11.5 Å². The number of likely N-dealkylation sites (N-methyl/N-ethyl adjacent to an activating group) is 1. The molecule has 1 atom stereocenters. The molecular weight excluding hydrogens is 797 g/mol. The molecule has 0 aliphatic carbocycles. The molecule has 0 spiro atoms. The number of benzene rings is 4. The maximum absolute atomic E-state index is 14.8. The summed E-state index contributed by atoms with van der Waals surface area (Å²) in [5.41, 5.74) is 5.11. The van der Waals surface area contributed by atoms with Crippen LogP contribution in [0.3, 0.4) is 0 Å². The van der Waals surface area contributed by atoms with E-state index in [1.54, 1.807) is 61.6 Å². The summed E-state index contributed by atoms with van der Waals surface area (Å²) in [6.07, 6.45) is 1.02. The molecule has 5 rings (SSSR count). The van der Waals surface area contributed by atoms with E-state index in [9.17, 15) is 18.0 Å². The minimum atomic E-state index is -3.34. The van der Waals surface area contributed by atoms with Gasteiger partial charge in [0.05, 0.1) is 34.6 Å². The average Bonchev–Trinajstić information content (AvgIpc) is 3.19. The van der Waals surface area contributed by atoms with Crippen LogP contribution < -0.4 is 40.3 Å². The molecule has 1 unspecified atom stereocenters. The number of ether oxygens (including phenoxy) is 3. The Morgan fingerprint density at radius 3 is 2.31 bits per heavy atom. The highest BCUT2D eigenvalue weighted by Gasteiger charge is 2.26. The lowest BCUT2D eigenvalue weighted by molar-refractivity contribution is -0.110. The molecule has 0 bridgehead atoms. The number of rotatable bonds is 20. The number of hydrogen-bond acceptors (Lipinski definition) is 12. The third kappa shape index (κ3) is 12.3. The smallest absolute Gasteiger partial charge is 0.280 e. The van der Waals surface area contributed by atoms with Crippen molar-refractivity contribution in [2.75, 3.05) is 67.3 Å². The van der Waals surface area contributed by atoms with E-state index in [1.165, 1.54) is 4.68 Å². The highest BCUT2D eigenvalue weighted by atomic mass is 32.2. The van der Waals surface area contributed by atoms with E-state index in [4.69, 9.17) is 24.2 Å². The molecule has 0 saturated heterocycles. The fraction of sp³-hybridized carbons (Fsp3) is 0.378. The number of sulfonamides is 1. The van der Waals surface area contributed by atoms with Gasteiger partial charge in [0.1, 0.15) is 18.2 Å². The molecule has 5 aromatic rings. The molecule has 0 saturated carbocycles. The van der Waals surface area contributed by atoms with Gasteiger partial charge in [0.2, 0.25) is 16.3 Å². The van der Waals surface area contributed by atoms with Crippen molar-refractivity contribution in [3.63, 3.8) is 0 Å². The molecule has 15 nitrogen and oxygen atoms in total. The molecule has 16 heteroatoms. The lowest BCUT2D eigenvalue weighted by Crippen LogP contribution is -2.42. The van der Waals surface area contributed by atoms with Gasteiger partial charge in [-0.3, -0.25) is 9.59 Å². The van der Waals surface area contributed by atoms with Crippen LogP contribution >= 0.6 is 0 Å². The minimum absolute atomic E-state index is 0.0279. The van der Waals surface area contributed by atoms with Gasteiger partial charge < -0.3 is 34.8 Å². The summed E-state index contributed by atoms with van der Waals surface area (Å²) in [7, 11) is 0.0404. The van der Waals surface area contributed by atoms with Gasteiger partial charge in [0.15, 0.2) is 11.5 Å². The largest absolute Gasteiger partial charge is 0.489 e. The van der Waals surface area contributed by atoms with Gasteiger partial charge in [-0.25, -0.2) is 27.8 Å². The fourth-order valence-corrected chi connectivity index (χ4v) is 7.03. The Morgan fingerprint density at radius 1 is 0.918 bits per heavy atom. The number of nitrogens with zero attached hydrogens (tertiary/aromatic N) is 5. The molecule has 4 aromatic carbocycles.